The number of rotatable bonds is 11. The molecule has 0 spiro atoms. The maximum atomic E-state index is 13.5. The first kappa shape index (κ1) is 31.5. The monoisotopic (exact) mass is 616 g/mol. The third-order valence-corrected chi connectivity index (χ3v) is 7.48. The number of benzene rings is 4. The van der Waals surface area contributed by atoms with Crippen LogP contribution in [0.4, 0.5) is 23.0 Å². The third-order valence-electron chi connectivity index (χ3n) is 6.14. The molecule has 1 heterocycles. The van der Waals surface area contributed by atoms with Gasteiger partial charge in [-0.05, 0) is 48.0 Å². The van der Waals surface area contributed by atoms with E-state index < -0.39 is 10.0 Å². The van der Waals surface area contributed by atoms with Gasteiger partial charge in [0.05, 0.1) is 29.6 Å². The summed E-state index contributed by atoms with van der Waals surface area (Å²) in [5, 5.41) is 28.3. The van der Waals surface area contributed by atoms with E-state index in [1.165, 1.54) is 37.4 Å². The van der Waals surface area contributed by atoms with Crippen LogP contribution in [0.5, 0.6) is 17.2 Å². The number of carbonyl (C=O) groups excluding carboxylic acids is 1. The lowest BCUT2D eigenvalue weighted by atomic mass is 10.2. The highest BCUT2D eigenvalue weighted by atomic mass is 32.2. The summed E-state index contributed by atoms with van der Waals surface area (Å²) in [6.45, 7) is 0.325. The van der Waals surface area contributed by atoms with Gasteiger partial charge >= 0.3 is 0 Å². The van der Waals surface area contributed by atoms with Crippen molar-refractivity contribution in [3.05, 3.63) is 96.6 Å². The van der Waals surface area contributed by atoms with Gasteiger partial charge in [-0.3, -0.25) is 9.52 Å². The molecule has 0 aliphatic heterocycles. The second-order valence-corrected chi connectivity index (χ2v) is 11.1. The van der Waals surface area contributed by atoms with Gasteiger partial charge in [0, 0.05) is 36.1 Å². The van der Waals surface area contributed by atoms with Crippen LogP contribution >= 0.6 is 0 Å². The minimum Gasteiger partial charge on any atom is -0.508 e. The van der Waals surface area contributed by atoms with E-state index in [-0.39, 0.29) is 53.6 Å². The number of aromatic hydroxyl groups is 2. The van der Waals surface area contributed by atoms with Gasteiger partial charge in [-0.2, -0.15) is 0 Å². The minimum absolute atomic E-state index is 0. The number of carbonyl (C=O) groups is 1. The van der Waals surface area contributed by atoms with Gasteiger partial charge in [0.15, 0.2) is 11.6 Å². The first-order valence-electron chi connectivity index (χ1n) is 13.0. The zero-order valence-corrected chi connectivity index (χ0v) is 23.7. The van der Waals surface area contributed by atoms with Crippen LogP contribution < -0.4 is 25.4 Å². The van der Waals surface area contributed by atoms with Crippen LogP contribution in [-0.2, 0) is 21.4 Å². The Morgan fingerprint density at radius 2 is 1.55 bits per heavy atom. The van der Waals surface area contributed by atoms with E-state index in [2.05, 4.69) is 30.6 Å². The number of methoxy groups -OCH3 is 1. The molecule has 5 rings (SSSR count). The molecule has 0 bridgehead atoms. The maximum Gasteiger partial charge on any atom is 0.263 e. The van der Waals surface area contributed by atoms with Crippen molar-refractivity contribution in [2.24, 2.45) is 0 Å². The number of fused-ring (bicyclic) bond motifs is 1. The molecule has 5 aromatic rings. The zero-order valence-electron chi connectivity index (χ0n) is 22.9. The lowest BCUT2D eigenvalue weighted by molar-refractivity contribution is -0.115. The maximum absolute atomic E-state index is 13.5. The largest absolute Gasteiger partial charge is 0.508 e. The lowest BCUT2D eigenvalue weighted by Crippen LogP contribution is -2.27. The van der Waals surface area contributed by atoms with Crippen LogP contribution in [0.1, 0.15) is 13.0 Å². The Bertz CT molecular complexity index is 1900. The average Bonchev–Trinajstić information content (AvgIpc) is 2.97. The van der Waals surface area contributed by atoms with E-state index >= 15 is 0 Å². The average molecular weight is 617 g/mol. The number of nitrogens with one attached hydrogen (secondary N) is 4. The SMILES string of the molecule is C.COc1cc(O)cc(Nc2nc3ccccc3nc2NS(=O)(=O)c2cccc(NC(=O)CNCc3cccc(O)c3)c2)c1. The number of hydrogen-bond donors (Lipinski definition) is 6. The van der Waals surface area contributed by atoms with Crippen LogP contribution in [0.2, 0.25) is 0 Å². The van der Waals surface area contributed by atoms with Crippen LogP contribution in [0.25, 0.3) is 11.0 Å². The van der Waals surface area contributed by atoms with Gasteiger partial charge in [0.25, 0.3) is 10.0 Å². The van der Waals surface area contributed by atoms with Gasteiger partial charge in [-0.15, -0.1) is 0 Å². The lowest BCUT2D eigenvalue weighted by Gasteiger charge is -2.15. The summed E-state index contributed by atoms with van der Waals surface area (Å²) in [4.78, 5) is 21.4. The fraction of sp³-hybridized carbons (Fsp3) is 0.129. The number of sulfonamides is 1. The summed E-state index contributed by atoms with van der Waals surface area (Å²) in [5.41, 5.74) is 2.45. The number of nitrogens with zero attached hydrogens (tertiary/aromatic N) is 2. The molecule has 0 aliphatic carbocycles. The Morgan fingerprint density at radius 3 is 2.27 bits per heavy atom. The molecule has 0 radical (unpaired) electrons. The second kappa shape index (κ2) is 13.7. The second-order valence-electron chi connectivity index (χ2n) is 9.41. The molecule has 1 amide bonds. The van der Waals surface area contributed by atoms with Crippen LogP contribution in [0, 0.1) is 0 Å². The number of para-hydroxylation sites is 2. The molecule has 0 unspecified atom stereocenters. The van der Waals surface area contributed by atoms with Crippen LogP contribution in [0.15, 0.2) is 95.9 Å². The molecule has 0 saturated heterocycles. The Kier molecular flexibility index (Phi) is 9.83. The normalized spacial score (nSPS) is 10.9. The molecule has 0 fully saturated rings. The quantitative estimate of drug-likeness (QED) is 0.119. The number of anilines is 4. The molecular formula is C31H32N6O6S. The fourth-order valence-electron chi connectivity index (χ4n) is 4.19. The number of phenols is 2. The molecular weight excluding hydrogens is 584 g/mol. The van der Waals surface area contributed by atoms with E-state index in [1.807, 2.05) is 6.07 Å². The summed E-state index contributed by atoms with van der Waals surface area (Å²) in [6, 6.07) is 23.9. The van der Waals surface area contributed by atoms with Crippen molar-refractivity contribution in [1.29, 1.82) is 0 Å². The Morgan fingerprint density at radius 1 is 0.818 bits per heavy atom. The van der Waals surface area contributed by atoms with Gasteiger partial charge in [-0.25, -0.2) is 18.4 Å². The summed E-state index contributed by atoms with van der Waals surface area (Å²) in [7, 11) is -2.73. The fourth-order valence-corrected chi connectivity index (χ4v) is 5.24. The third kappa shape index (κ3) is 7.91. The molecule has 228 valence electrons. The minimum atomic E-state index is -4.19. The number of ether oxygens (including phenoxy) is 1. The van der Waals surface area contributed by atoms with Gasteiger partial charge < -0.3 is 30.9 Å². The van der Waals surface area contributed by atoms with Gasteiger partial charge in [0.2, 0.25) is 5.91 Å². The molecule has 1 aromatic heterocycles. The van der Waals surface area contributed by atoms with Gasteiger partial charge in [0.1, 0.15) is 17.2 Å². The molecule has 13 heteroatoms. The number of phenolic OH excluding ortho intramolecular Hbond substituents is 2. The standard InChI is InChI=1S/C30H28N6O6S.CH4/c1-42-24-14-21(13-23(38)16-24)33-29-30(35-27-11-3-2-10-26(27)34-29)36-43(40,41)25-9-5-7-20(15-25)32-28(39)18-31-17-19-6-4-8-22(37)12-19;/h2-16,31,37-38H,17-18H2,1H3,(H,32,39)(H,33,34)(H,35,36);1H4. The first-order chi connectivity index (χ1) is 20.7. The van der Waals surface area contributed by atoms with Crippen LogP contribution in [-0.4, -0.2) is 48.2 Å². The highest BCUT2D eigenvalue weighted by Gasteiger charge is 2.20. The molecule has 0 saturated carbocycles. The Labute approximate surface area is 254 Å². The number of hydrogen-bond acceptors (Lipinski definition) is 10. The summed E-state index contributed by atoms with van der Waals surface area (Å²) in [5.74, 6) is 0.0883. The zero-order chi connectivity index (χ0) is 30.4. The van der Waals surface area contributed by atoms with E-state index in [1.54, 1.807) is 54.6 Å². The molecule has 4 aromatic carbocycles. The van der Waals surface area contributed by atoms with Crippen molar-refractivity contribution in [3.63, 3.8) is 0 Å². The topological polar surface area (TPSA) is 175 Å². The van der Waals surface area contributed by atoms with E-state index in [0.717, 1.165) is 5.56 Å². The summed E-state index contributed by atoms with van der Waals surface area (Å²) >= 11 is 0. The first-order valence-corrected chi connectivity index (χ1v) is 14.5. The summed E-state index contributed by atoms with van der Waals surface area (Å²) in [6.07, 6.45) is 0. The number of aromatic nitrogens is 2. The van der Waals surface area contributed by atoms with Crippen molar-refractivity contribution >= 4 is 50.0 Å². The molecule has 44 heavy (non-hydrogen) atoms. The highest BCUT2D eigenvalue weighted by molar-refractivity contribution is 7.92. The predicted octanol–water partition coefficient (Wildman–Crippen LogP) is 4.96. The Balaban J connectivity index is 0.00000442. The van der Waals surface area contributed by atoms with Crippen LogP contribution in [0.3, 0.4) is 0 Å². The van der Waals surface area contributed by atoms with E-state index in [4.69, 9.17) is 4.74 Å². The highest BCUT2D eigenvalue weighted by Crippen LogP contribution is 2.31. The van der Waals surface area contributed by atoms with E-state index in [0.29, 0.717) is 29.0 Å². The Hall–Kier alpha value is -5.40. The molecule has 12 nitrogen and oxygen atoms in total. The smallest absolute Gasteiger partial charge is 0.263 e. The van der Waals surface area contributed by atoms with E-state index in [9.17, 15) is 23.4 Å². The van der Waals surface area contributed by atoms with Crippen molar-refractivity contribution in [3.8, 4) is 17.2 Å². The van der Waals surface area contributed by atoms with Crippen molar-refractivity contribution < 1.29 is 28.2 Å². The predicted molar refractivity (Wildman–Crippen MR) is 170 cm³/mol. The van der Waals surface area contributed by atoms with Crippen molar-refractivity contribution in [2.45, 2.75) is 18.9 Å². The molecule has 0 aliphatic rings. The summed E-state index contributed by atoms with van der Waals surface area (Å²) < 4.78 is 34.7. The number of amides is 1. The van der Waals surface area contributed by atoms with Gasteiger partial charge in [-0.1, -0.05) is 37.8 Å². The van der Waals surface area contributed by atoms with Crippen molar-refractivity contribution in [1.82, 2.24) is 15.3 Å². The molecule has 6 N–H and O–H groups in total. The molecule has 0 atom stereocenters. The van der Waals surface area contributed by atoms with Crippen molar-refractivity contribution in [2.75, 3.05) is 29.0 Å².